The molecule has 2 aliphatic rings. The van der Waals surface area contributed by atoms with Crippen molar-refractivity contribution in [2.45, 2.75) is 38.5 Å². The summed E-state index contributed by atoms with van der Waals surface area (Å²) in [6.07, 6.45) is 3.91. The number of nitrogen functional groups attached to an aromatic ring is 1. The smallest absolute Gasteiger partial charge is 0.133 e. The van der Waals surface area contributed by atoms with Crippen molar-refractivity contribution in [2.75, 3.05) is 17.6 Å². The van der Waals surface area contributed by atoms with Crippen molar-refractivity contribution in [3.8, 4) is 11.5 Å². The molecule has 3 N–H and O–H groups in total. The molecule has 4 rings (SSSR count). The predicted octanol–water partition coefficient (Wildman–Crippen LogP) is 4.53. The molecule has 3 heteroatoms. The lowest BCUT2D eigenvalue weighted by Crippen LogP contribution is -2.35. The van der Waals surface area contributed by atoms with Crippen molar-refractivity contribution in [1.82, 2.24) is 0 Å². The van der Waals surface area contributed by atoms with Crippen molar-refractivity contribution >= 4 is 11.4 Å². The minimum atomic E-state index is 0.361. The first-order valence-electron chi connectivity index (χ1n) is 8.00. The number of hydrogen-bond acceptors (Lipinski definition) is 3. The van der Waals surface area contributed by atoms with Gasteiger partial charge < -0.3 is 15.8 Å². The first kappa shape index (κ1) is 13.5. The monoisotopic (exact) mass is 294 g/mol. The molecule has 1 spiro atoms. The highest BCUT2D eigenvalue weighted by molar-refractivity contribution is 5.64. The van der Waals surface area contributed by atoms with Crippen LogP contribution in [0.15, 0.2) is 30.3 Å². The molecule has 3 nitrogen and oxygen atoms in total. The number of anilines is 2. The van der Waals surface area contributed by atoms with E-state index in [4.69, 9.17) is 10.5 Å². The summed E-state index contributed by atoms with van der Waals surface area (Å²) in [6.45, 7) is 5.16. The molecule has 0 bridgehead atoms. The lowest BCUT2D eigenvalue weighted by molar-refractivity contribution is 0.271. The average molecular weight is 294 g/mol. The summed E-state index contributed by atoms with van der Waals surface area (Å²) in [7, 11) is 0. The van der Waals surface area contributed by atoms with Crippen LogP contribution in [0.5, 0.6) is 11.5 Å². The summed E-state index contributed by atoms with van der Waals surface area (Å²) in [6, 6.07) is 10.4. The molecule has 2 aromatic rings. The largest absolute Gasteiger partial charge is 0.457 e. The maximum atomic E-state index is 6.20. The zero-order chi connectivity index (χ0) is 15.3. The van der Waals surface area contributed by atoms with Crippen LogP contribution in [-0.4, -0.2) is 6.54 Å². The molecule has 1 aliphatic carbocycles. The van der Waals surface area contributed by atoms with Gasteiger partial charge in [-0.25, -0.2) is 0 Å². The molecule has 114 valence electrons. The van der Waals surface area contributed by atoms with E-state index >= 15 is 0 Å². The van der Waals surface area contributed by atoms with Gasteiger partial charge in [-0.1, -0.05) is 6.42 Å². The molecular formula is C19H22N2O. The molecule has 1 saturated carbocycles. The molecule has 1 aliphatic heterocycles. The zero-order valence-electron chi connectivity index (χ0n) is 13.2. The first-order chi connectivity index (χ1) is 10.6. The van der Waals surface area contributed by atoms with Crippen LogP contribution in [-0.2, 0) is 5.41 Å². The molecule has 1 heterocycles. The van der Waals surface area contributed by atoms with Crippen LogP contribution in [0.1, 0.15) is 36.0 Å². The summed E-state index contributed by atoms with van der Waals surface area (Å²) in [4.78, 5) is 0. The van der Waals surface area contributed by atoms with Crippen LogP contribution in [0, 0.1) is 13.8 Å². The van der Waals surface area contributed by atoms with Crippen molar-refractivity contribution < 1.29 is 4.74 Å². The van der Waals surface area contributed by atoms with E-state index in [1.807, 2.05) is 26.0 Å². The third-order valence-corrected chi connectivity index (χ3v) is 5.19. The van der Waals surface area contributed by atoms with E-state index in [9.17, 15) is 0 Å². The SMILES string of the molecule is Cc1cc(N)cc(C)c1Oc1ccc2c(c1)C1(CCC1)CN2. The van der Waals surface area contributed by atoms with Gasteiger partial charge in [-0.3, -0.25) is 0 Å². The van der Waals surface area contributed by atoms with Crippen LogP contribution in [0.4, 0.5) is 11.4 Å². The second-order valence-electron chi connectivity index (χ2n) is 6.78. The lowest BCUT2D eigenvalue weighted by Gasteiger charge is -2.38. The van der Waals surface area contributed by atoms with Crippen LogP contribution in [0.25, 0.3) is 0 Å². The maximum absolute atomic E-state index is 6.20. The first-order valence-corrected chi connectivity index (χ1v) is 8.00. The Morgan fingerprint density at radius 2 is 1.82 bits per heavy atom. The van der Waals surface area contributed by atoms with Gasteiger partial charge in [-0.2, -0.15) is 0 Å². The number of rotatable bonds is 2. The van der Waals surface area contributed by atoms with Gasteiger partial charge in [0.05, 0.1) is 0 Å². The minimum Gasteiger partial charge on any atom is -0.457 e. The maximum Gasteiger partial charge on any atom is 0.133 e. The van der Waals surface area contributed by atoms with Crippen molar-refractivity contribution in [2.24, 2.45) is 0 Å². The number of benzene rings is 2. The van der Waals surface area contributed by atoms with Gasteiger partial charge in [0.25, 0.3) is 0 Å². The van der Waals surface area contributed by atoms with Crippen LogP contribution >= 0.6 is 0 Å². The zero-order valence-corrected chi connectivity index (χ0v) is 13.2. The van der Waals surface area contributed by atoms with Gasteiger partial charge in [-0.05, 0) is 73.7 Å². The number of nitrogens with one attached hydrogen (secondary N) is 1. The van der Waals surface area contributed by atoms with E-state index in [0.717, 1.165) is 34.9 Å². The van der Waals surface area contributed by atoms with E-state index in [1.165, 1.54) is 30.5 Å². The second kappa shape index (κ2) is 4.67. The van der Waals surface area contributed by atoms with Gasteiger partial charge in [-0.15, -0.1) is 0 Å². The Morgan fingerprint density at radius 1 is 1.09 bits per heavy atom. The number of fused-ring (bicyclic) bond motifs is 2. The fourth-order valence-corrected chi connectivity index (χ4v) is 3.85. The number of aryl methyl sites for hydroxylation is 2. The molecule has 2 aromatic carbocycles. The molecule has 0 radical (unpaired) electrons. The lowest BCUT2D eigenvalue weighted by atomic mass is 9.66. The summed E-state index contributed by atoms with van der Waals surface area (Å²) in [5.74, 6) is 1.84. The molecule has 0 atom stereocenters. The molecule has 0 aromatic heterocycles. The van der Waals surface area contributed by atoms with E-state index < -0.39 is 0 Å². The van der Waals surface area contributed by atoms with Crippen molar-refractivity contribution in [1.29, 1.82) is 0 Å². The Bertz CT molecular complexity index is 724. The topological polar surface area (TPSA) is 47.3 Å². The Balaban J connectivity index is 1.69. The normalized spacial score (nSPS) is 17.7. The van der Waals surface area contributed by atoms with Crippen molar-refractivity contribution in [3.63, 3.8) is 0 Å². The van der Waals surface area contributed by atoms with Crippen LogP contribution < -0.4 is 15.8 Å². The Morgan fingerprint density at radius 3 is 2.45 bits per heavy atom. The fraction of sp³-hybridized carbons (Fsp3) is 0.368. The fourth-order valence-electron chi connectivity index (χ4n) is 3.85. The van der Waals surface area contributed by atoms with E-state index in [0.29, 0.717) is 5.41 Å². The van der Waals surface area contributed by atoms with Gasteiger partial charge in [0, 0.05) is 23.3 Å². The van der Waals surface area contributed by atoms with Crippen LogP contribution in [0.2, 0.25) is 0 Å². The summed E-state index contributed by atoms with van der Waals surface area (Å²) in [5, 5.41) is 3.54. The standard InChI is InChI=1S/C19H22N2O/c1-12-8-14(20)9-13(2)18(12)22-15-4-5-17-16(10-15)19(11-21-17)6-3-7-19/h4-5,8-10,21H,3,6-7,11,20H2,1-2H3. The molecule has 0 saturated heterocycles. The number of hydrogen-bond donors (Lipinski definition) is 2. The number of nitrogens with two attached hydrogens (primary N) is 1. The van der Waals surface area contributed by atoms with E-state index in [2.05, 4.69) is 23.5 Å². The average Bonchev–Trinajstić information content (AvgIpc) is 2.81. The summed E-state index contributed by atoms with van der Waals surface area (Å²) < 4.78 is 6.20. The highest BCUT2D eigenvalue weighted by atomic mass is 16.5. The second-order valence-corrected chi connectivity index (χ2v) is 6.78. The van der Waals surface area contributed by atoms with E-state index in [-0.39, 0.29) is 0 Å². The molecule has 1 fully saturated rings. The molecule has 22 heavy (non-hydrogen) atoms. The van der Waals surface area contributed by atoms with Crippen molar-refractivity contribution in [3.05, 3.63) is 47.0 Å². The Kier molecular flexibility index (Phi) is 2.86. The summed E-state index contributed by atoms with van der Waals surface area (Å²) in [5.41, 5.74) is 11.9. The number of ether oxygens (including phenoxy) is 1. The summed E-state index contributed by atoms with van der Waals surface area (Å²) >= 11 is 0. The minimum absolute atomic E-state index is 0.361. The van der Waals surface area contributed by atoms with Crippen LogP contribution in [0.3, 0.4) is 0 Å². The Hall–Kier alpha value is -2.16. The van der Waals surface area contributed by atoms with Gasteiger partial charge in [0.15, 0.2) is 0 Å². The third-order valence-electron chi connectivity index (χ3n) is 5.19. The molecular weight excluding hydrogens is 272 g/mol. The quantitative estimate of drug-likeness (QED) is 0.800. The highest BCUT2D eigenvalue weighted by Gasteiger charge is 2.43. The molecule has 0 unspecified atom stereocenters. The Labute approximate surface area is 131 Å². The highest BCUT2D eigenvalue weighted by Crippen LogP contribution is 2.51. The van der Waals surface area contributed by atoms with E-state index in [1.54, 1.807) is 0 Å². The molecule has 0 amide bonds. The van der Waals surface area contributed by atoms with Gasteiger partial charge in [0.1, 0.15) is 11.5 Å². The van der Waals surface area contributed by atoms with Gasteiger partial charge in [0.2, 0.25) is 0 Å². The third kappa shape index (κ3) is 1.96. The van der Waals surface area contributed by atoms with Gasteiger partial charge >= 0.3 is 0 Å². The predicted molar refractivity (Wildman–Crippen MR) is 90.9 cm³/mol.